The van der Waals surface area contributed by atoms with E-state index in [0.717, 1.165) is 69.9 Å². The van der Waals surface area contributed by atoms with E-state index in [9.17, 15) is 0 Å². The third-order valence-electron chi connectivity index (χ3n) is 6.88. The number of rotatable bonds is 4. The van der Waals surface area contributed by atoms with Crippen LogP contribution >= 0.6 is 0 Å². The van der Waals surface area contributed by atoms with Crippen molar-refractivity contribution < 1.29 is 14.2 Å². The number of aromatic nitrogens is 2. The molecule has 6 nitrogen and oxygen atoms in total. The summed E-state index contributed by atoms with van der Waals surface area (Å²) in [6, 6.07) is 4.93. The standard InChI is InChI=1S/C23H33N3O3/c1-17-20-16-24-26(23-7-2-3-12-28-23)21(20)8-9-22(17)29-19-6-4-5-18(15-19)25-10-13-27-14-11-25/h8-9,16,18-19,23H,2-7,10-15H2,1H3. The summed E-state index contributed by atoms with van der Waals surface area (Å²) in [6.07, 6.45) is 10.5. The molecule has 0 spiro atoms. The molecular weight excluding hydrogens is 366 g/mol. The van der Waals surface area contributed by atoms with Crippen LogP contribution in [0.1, 0.15) is 56.7 Å². The SMILES string of the molecule is Cc1c(OC2CCCC(N3CCOCC3)C2)ccc2c1cnn2C1CCCCO1. The molecule has 0 bridgehead atoms. The normalized spacial score (nSPS) is 29.2. The minimum Gasteiger partial charge on any atom is -0.490 e. The van der Waals surface area contributed by atoms with Crippen LogP contribution in [0.3, 0.4) is 0 Å². The Morgan fingerprint density at radius 1 is 1.03 bits per heavy atom. The second-order valence-corrected chi connectivity index (χ2v) is 8.74. The van der Waals surface area contributed by atoms with E-state index in [1.165, 1.54) is 30.2 Å². The van der Waals surface area contributed by atoms with Gasteiger partial charge in [0.2, 0.25) is 0 Å². The van der Waals surface area contributed by atoms with Crippen molar-refractivity contribution in [2.45, 2.75) is 70.2 Å². The predicted octanol–water partition coefficient (Wildman–Crippen LogP) is 4.07. The molecule has 2 aliphatic heterocycles. The lowest BCUT2D eigenvalue weighted by Crippen LogP contribution is -2.47. The Hall–Kier alpha value is -1.63. The van der Waals surface area contributed by atoms with Gasteiger partial charge in [0, 0.05) is 36.7 Å². The molecule has 5 rings (SSSR count). The van der Waals surface area contributed by atoms with Gasteiger partial charge in [0.1, 0.15) is 11.9 Å². The fourth-order valence-corrected chi connectivity index (χ4v) is 5.19. The van der Waals surface area contributed by atoms with Crippen molar-refractivity contribution in [2.75, 3.05) is 32.9 Å². The monoisotopic (exact) mass is 399 g/mol. The van der Waals surface area contributed by atoms with Gasteiger partial charge in [-0.05, 0) is 64.0 Å². The Balaban J connectivity index is 1.30. The first-order valence-electron chi connectivity index (χ1n) is 11.4. The van der Waals surface area contributed by atoms with Gasteiger partial charge in [-0.2, -0.15) is 5.10 Å². The minimum atomic E-state index is 0.0695. The first kappa shape index (κ1) is 19.3. The van der Waals surface area contributed by atoms with Crippen molar-refractivity contribution in [3.63, 3.8) is 0 Å². The zero-order chi connectivity index (χ0) is 19.6. The molecule has 6 heteroatoms. The lowest BCUT2D eigenvalue weighted by atomic mass is 9.91. The summed E-state index contributed by atoms with van der Waals surface area (Å²) in [5.41, 5.74) is 2.34. The van der Waals surface area contributed by atoms with E-state index in [1.54, 1.807) is 0 Å². The van der Waals surface area contributed by atoms with Crippen molar-refractivity contribution in [3.8, 4) is 5.75 Å². The van der Waals surface area contributed by atoms with Crippen LogP contribution in [-0.4, -0.2) is 59.7 Å². The lowest BCUT2D eigenvalue weighted by molar-refractivity contribution is -0.0366. The molecule has 158 valence electrons. The molecule has 3 atom stereocenters. The molecule has 1 aliphatic carbocycles. The second kappa shape index (κ2) is 8.62. The summed E-state index contributed by atoms with van der Waals surface area (Å²) in [4.78, 5) is 2.60. The Bertz CT molecular complexity index is 824. The largest absolute Gasteiger partial charge is 0.490 e. The number of fused-ring (bicyclic) bond motifs is 1. The van der Waals surface area contributed by atoms with Crippen molar-refractivity contribution in [1.29, 1.82) is 0 Å². The maximum Gasteiger partial charge on any atom is 0.150 e. The fraction of sp³-hybridized carbons (Fsp3) is 0.696. The van der Waals surface area contributed by atoms with Gasteiger partial charge in [-0.25, -0.2) is 4.68 Å². The predicted molar refractivity (Wildman–Crippen MR) is 112 cm³/mol. The highest BCUT2D eigenvalue weighted by Gasteiger charge is 2.29. The van der Waals surface area contributed by atoms with E-state index in [2.05, 4.69) is 33.7 Å². The summed E-state index contributed by atoms with van der Waals surface area (Å²) in [5.74, 6) is 1.01. The van der Waals surface area contributed by atoms with Crippen LogP contribution in [-0.2, 0) is 9.47 Å². The molecule has 3 unspecified atom stereocenters. The number of ether oxygens (including phenoxy) is 3. The molecule has 2 saturated heterocycles. The van der Waals surface area contributed by atoms with Gasteiger partial charge in [0.25, 0.3) is 0 Å². The van der Waals surface area contributed by atoms with Crippen molar-refractivity contribution in [2.24, 2.45) is 0 Å². The number of hydrogen-bond donors (Lipinski definition) is 0. The molecule has 1 aromatic carbocycles. The molecule has 0 radical (unpaired) electrons. The molecular formula is C23H33N3O3. The van der Waals surface area contributed by atoms with Gasteiger partial charge in [-0.3, -0.25) is 4.90 Å². The number of nitrogens with zero attached hydrogens (tertiary/aromatic N) is 3. The van der Waals surface area contributed by atoms with Crippen LogP contribution in [0.4, 0.5) is 0 Å². The van der Waals surface area contributed by atoms with E-state index < -0.39 is 0 Å². The smallest absolute Gasteiger partial charge is 0.150 e. The van der Waals surface area contributed by atoms with Gasteiger partial charge in [-0.1, -0.05) is 0 Å². The molecule has 1 saturated carbocycles. The lowest BCUT2D eigenvalue weighted by Gasteiger charge is -2.39. The summed E-state index contributed by atoms with van der Waals surface area (Å²) in [5, 5.41) is 5.84. The first-order valence-corrected chi connectivity index (χ1v) is 11.4. The molecule has 29 heavy (non-hydrogen) atoms. The highest BCUT2D eigenvalue weighted by molar-refractivity contribution is 5.84. The highest BCUT2D eigenvalue weighted by Crippen LogP contribution is 2.34. The molecule has 0 amide bonds. The molecule has 3 aliphatic rings. The summed E-state index contributed by atoms with van der Waals surface area (Å²) < 4.78 is 20.1. The Morgan fingerprint density at radius 3 is 2.76 bits per heavy atom. The van der Waals surface area contributed by atoms with Crippen molar-refractivity contribution >= 4 is 10.9 Å². The van der Waals surface area contributed by atoms with Crippen LogP contribution in [0.25, 0.3) is 10.9 Å². The number of morpholine rings is 1. The van der Waals surface area contributed by atoms with E-state index in [4.69, 9.17) is 14.2 Å². The summed E-state index contributed by atoms with van der Waals surface area (Å²) >= 11 is 0. The van der Waals surface area contributed by atoms with Gasteiger partial charge >= 0.3 is 0 Å². The first-order chi connectivity index (χ1) is 14.3. The topological polar surface area (TPSA) is 48.8 Å². The molecule has 0 N–H and O–H groups in total. The van der Waals surface area contributed by atoms with Crippen LogP contribution in [0, 0.1) is 6.92 Å². The minimum absolute atomic E-state index is 0.0695. The fourth-order valence-electron chi connectivity index (χ4n) is 5.19. The maximum atomic E-state index is 6.54. The highest BCUT2D eigenvalue weighted by atomic mass is 16.5. The number of benzene rings is 1. The zero-order valence-corrected chi connectivity index (χ0v) is 17.5. The quantitative estimate of drug-likeness (QED) is 0.776. The van der Waals surface area contributed by atoms with Gasteiger partial charge < -0.3 is 14.2 Å². The number of hydrogen-bond acceptors (Lipinski definition) is 5. The van der Waals surface area contributed by atoms with Gasteiger partial charge in [0.05, 0.1) is 24.9 Å². The second-order valence-electron chi connectivity index (χ2n) is 8.74. The van der Waals surface area contributed by atoms with Crippen LogP contribution in [0.2, 0.25) is 0 Å². The Kier molecular flexibility index (Phi) is 5.75. The third kappa shape index (κ3) is 4.03. The summed E-state index contributed by atoms with van der Waals surface area (Å²) in [6.45, 7) is 6.85. The van der Waals surface area contributed by atoms with Crippen LogP contribution in [0.5, 0.6) is 5.75 Å². The third-order valence-corrected chi connectivity index (χ3v) is 6.88. The maximum absolute atomic E-state index is 6.54. The van der Waals surface area contributed by atoms with Crippen molar-refractivity contribution in [3.05, 3.63) is 23.9 Å². The average Bonchev–Trinajstić information content (AvgIpc) is 3.22. The Labute approximate surface area is 173 Å². The van der Waals surface area contributed by atoms with E-state index in [0.29, 0.717) is 12.1 Å². The molecule has 2 aromatic rings. The molecule has 3 heterocycles. The van der Waals surface area contributed by atoms with Crippen LogP contribution in [0.15, 0.2) is 18.3 Å². The Morgan fingerprint density at radius 2 is 1.93 bits per heavy atom. The van der Waals surface area contributed by atoms with E-state index >= 15 is 0 Å². The number of aryl methyl sites for hydroxylation is 1. The van der Waals surface area contributed by atoms with Crippen LogP contribution < -0.4 is 4.74 Å². The molecule has 1 aromatic heterocycles. The van der Waals surface area contributed by atoms with Gasteiger partial charge in [0.15, 0.2) is 6.23 Å². The molecule has 3 fully saturated rings. The van der Waals surface area contributed by atoms with Crippen molar-refractivity contribution in [1.82, 2.24) is 14.7 Å². The van der Waals surface area contributed by atoms with E-state index in [-0.39, 0.29) is 6.23 Å². The summed E-state index contributed by atoms with van der Waals surface area (Å²) in [7, 11) is 0. The van der Waals surface area contributed by atoms with Gasteiger partial charge in [-0.15, -0.1) is 0 Å². The zero-order valence-electron chi connectivity index (χ0n) is 17.5. The van der Waals surface area contributed by atoms with E-state index in [1.807, 2.05) is 6.20 Å². The average molecular weight is 400 g/mol.